The van der Waals surface area contributed by atoms with E-state index >= 15 is 0 Å². The molecule has 1 aliphatic heterocycles. The first-order valence-electron chi connectivity index (χ1n) is 14.7. The van der Waals surface area contributed by atoms with Crippen molar-refractivity contribution in [1.29, 1.82) is 0 Å². The molecule has 1 aliphatic rings. The highest BCUT2D eigenvalue weighted by Crippen LogP contribution is 2.38. The lowest BCUT2D eigenvalue weighted by Gasteiger charge is -2.35. The molecular formula is C30H53FN2O3Si. The Morgan fingerprint density at radius 1 is 1.14 bits per heavy atom. The predicted octanol–water partition coefficient (Wildman–Crippen LogP) is 7.06. The van der Waals surface area contributed by atoms with Crippen molar-refractivity contribution in [2.45, 2.75) is 129 Å². The van der Waals surface area contributed by atoms with Crippen LogP contribution in [0.1, 0.15) is 84.6 Å². The number of benzene rings is 1. The lowest BCUT2D eigenvalue weighted by molar-refractivity contribution is -0.164. The van der Waals surface area contributed by atoms with Crippen molar-refractivity contribution in [3.63, 3.8) is 0 Å². The number of carbonyl (C=O) groups excluding carboxylic acids is 1. The Bertz CT molecular complexity index is 779. The number of carbonyl (C=O) groups is 1. The van der Waals surface area contributed by atoms with E-state index in [4.69, 9.17) is 14.9 Å². The average Bonchev–Trinajstić information content (AvgIpc) is 3.19. The van der Waals surface area contributed by atoms with E-state index in [1.807, 2.05) is 25.1 Å². The number of nitrogens with two attached hydrogens (primary N) is 1. The molecular weight excluding hydrogens is 483 g/mol. The molecule has 0 bridgehead atoms. The van der Waals surface area contributed by atoms with Crippen molar-refractivity contribution in [2.75, 3.05) is 6.61 Å². The summed E-state index contributed by atoms with van der Waals surface area (Å²) >= 11 is 0. The first-order valence-corrected chi connectivity index (χ1v) is 17.8. The minimum absolute atomic E-state index is 0.0706. The molecule has 2 N–H and O–H groups in total. The number of hydrogen-bond acceptors (Lipinski definition) is 5. The maximum absolute atomic E-state index is 14.4. The SMILES string of the molecule is CCCC[Si](C)(C)OC[C@@H]1C[C@H](C(=O)OC(F)CCC)N(Cc2ccccc2)[C@@H]1CC(CCC)C(C)N. The molecule has 0 aliphatic carbocycles. The van der Waals surface area contributed by atoms with Crippen LogP contribution in [0.2, 0.25) is 19.1 Å². The predicted molar refractivity (Wildman–Crippen MR) is 153 cm³/mol. The second kappa shape index (κ2) is 16.0. The van der Waals surface area contributed by atoms with Crippen molar-refractivity contribution in [1.82, 2.24) is 4.90 Å². The summed E-state index contributed by atoms with van der Waals surface area (Å²) in [5, 5.41) is 0. The summed E-state index contributed by atoms with van der Waals surface area (Å²) in [7, 11) is -1.80. The van der Waals surface area contributed by atoms with E-state index in [1.165, 1.54) is 12.8 Å². The van der Waals surface area contributed by atoms with Gasteiger partial charge in [-0.2, -0.15) is 0 Å². The van der Waals surface area contributed by atoms with Gasteiger partial charge in [0.2, 0.25) is 6.36 Å². The third-order valence-electron chi connectivity index (χ3n) is 7.90. The van der Waals surface area contributed by atoms with Crippen molar-refractivity contribution < 1.29 is 18.3 Å². The summed E-state index contributed by atoms with van der Waals surface area (Å²) in [5.74, 6) is 0.0848. The fourth-order valence-corrected chi connectivity index (χ4v) is 7.63. The van der Waals surface area contributed by atoms with Crippen LogP contribution in [0.15, 0.2) is 30.3 Å². The van der Waals surface area contributed by atoms with Crippen LogP contribution in [0.5, 0.6) is 0 Å². The summed E-state index contributed by atoms with van der Waals surface area (Å²) in [6, 6.07) is 11.1. The Labute approximate surface area is 226 Å². The minimum Gasteiger partial charge on any atom is -0.430 e. The molecule has 212 valence electrons. The molecule has 0 saturated carbocycles. The molecule has 0 spiro atoms. The topological polar surface area (TPSA) is 64.8 Å². The van der Waals surface area contributed by atoms with Crippen LogP contribution in [0.3, 0.4) is 0 Å². The van der Waals surface area contributed by atoms with E-state index in [1.54, 1.807) is 0 Å². The summed E-state index contributed by atoms with van der Waals surface area (Å²) in [6.45, 7) is 14.2. The number of ether oxygens (including phenoxy) is 1. The van der Waals surface area contributed by atoms with Crippen LogP contribution in [0.4, 0.5) is 4.39 Å². The smallest absolute Gasteiger partial charge is 0.325 e. The van der Waals surface area contributed by atoms with Crippen LogP contribution in [-0.2, 0) is 20.5 Å². The van der Waals surface area contributed by atoms with Crippen molar-refractivity contribution in [3.8, 4) is 0 Å². The highest BCUT2D eigenvalue weighted by atomic mass is 28.4. The second-order valence-corrected chi connectivity index (χ2v) is 16.0. The molecule has 7 heteroatoms. The van der Waals surface area contributed by atoms with Gasteiger partial charge in [-0.3, -0.25) is 9.69 Å². The number of likely N-dealkylation sites (tertiary alicyclic amines) is 1. The summed E-state index contributed by atoms with van der Waals surface area (Å²) in [4.78, 5) is 15.6. The maximum atomic E-state index is 14.4. The average molecular weight is 537 g/mol. The number of halogens is 1. The molecule has 37 heavy (non-hydrogen) atoms. The Kier molecular flexibility index (Phi) is 13.8. The van der Waals surface area contributed by atoms with Crippen LogP contribution < -0.4 is 5.73 Å². The van der Waals surface area contributed by atoms with Crippen molar-refractivity contribution >= 4 is 14.3 Å². The largest absolute Gasteiger partial charge is 0.430 e. The lowest BCUT2D eigenvalue weighted by atomic mass is 9.85. The molecule has 6 atom stereocenters. The van der Waals surface area contributed by atoms with Crippen molar-refractivity contribution in [2.24, 2.45) is 17.6 Å². The van der Waals surface area contributed by atoms with E-state index in [-0.39, 0.29) is 24.4 Å². The van der Waals surface area contributed by atoms with Crippen molar-refractivity contribution in [3.05, 3.63) is 35.9 Å². The van der Waals surface area contributed by atoms with Gasteiger partial charge in [0, 0.05) is 31.7 Å². The number of esters is 1. The van der Waals surface area contributed by atoms with Gasteiger partial charge < -0.3 is 14.9 Å². The van der Waals surface area contributed by atoms with E-state index in [0.717, 1.165) is 30.9 Å². The fourth-order valence-electron chi connectivity index (χ4n) is 5.62. The highest BCUT2D eigenvalue weighted by Gasteiger charge is 2.47. The normalized spacial score (nSPS) is 23.1. The molecule has 1 fully saturated rings. The van der Waals surface area contributed by atoms with E-state index < -0.39 is 26.7 Å². The van der Waals surface area contributed by atoms with Gasteiger partial charge in [0.15, 0.2) is 8.32 Å². The number of nitrogens with zero attached hydrogens (tertiary/aromatic N) is 1. The van der Waals surface area contributed by atoms with Crippen LogP contribution in [0, 0.1) is 11.8 Å². The van der Waals surface area contributed by atoms with Gasteiger partial charge in [-0.15, -0.1) is 0 Å². The monoisotopic (exact) mass is 536 g/mol. The summed E-state index contributed by atoms with van der Waals surface area (Å²) in [6.07, 6.45) is 5.32. The van der Waals surface area contributed by atoms with Gasteiger partial charge in [-0.1, -0.05) is 70.4 Å². The van der Waals surface area contributed by atoms with Gasteiger partial charge in [-0.05, 0) is 69.1 Å². The Morgan fingerprint density at radius 3 is 2.41 bits per heavy atom. The molecule has 3 unspecified atom stereocenters. The summed E-state index contributed by atoms with van der Waals surface area (Å²) < 4.78 is 26.4. The van der Waals surface area contributed by atoms with Gasteiger partial charge in [0.25, 0.3) is 0 Å². The molecule has 1 aromatic rings. The Hall–Kier alpha value is -1.28. The van der Waals surface area contributed by atoms with Gasteiger partial charge in [0.05, 0.1) is 0 Å². The minimum atomic E-state index is -1.80. The van der Waals surface area contributed by atoms with Gasteiger partial charge in [0.1, 0.15) is 6.04 Å². The fraction of sp³-hybridized carbons (Fsp3) is 0.767. The van der Waals surface area contributed by atoms with Gasteiger partial charge in [-0.25, -0.2) is 4.39 Å². The Balaban J connectivity index is 2.36. The zero-order valence-corrected chi connectivity index (χ0v) is 25.3. The van der Waals surface area contributed by atoms with Crippen LogP contribution in [-0.4, -0.2) is 50.3 Å². The number of alkyl halides is 1. The third-order valence-corrected chi connectivity index (χ3v) is 10.4. The standard InChI is InChI=1S/C30H53FN2O3Si/c1-7-10-18-37(5,6)35-22-26-20-28(30(34)36-29(31)15-9-3)33(21-24-16-12-11-13-17-24)27(26)19-25(14-8-2)23(4)32/h11-13,16-17,23,25-29H,7-10,14-15,18-22,32H2,1-6H3/t23?,25?,26-,27+,28+,29?/m0/s1. The first kappa shape index (κ1) is 31.9. The van der Waals surface area contributed by atoms with Crippen LogP contribution >= 0.6 is 0 Å². The van der Waals surface area contributed by atoms with E-state index in [9.17, 15) is 9.18 Å². The molecule has 0 amide bonds. The van der Waals surface area contributed by atoms with E-state index in [2.05, 4.69) is 50.9 Å². The van der Waals surface area contributed by atoms with Gasteiger partial charge >= 0.3 is 5.97 Å². The van der Waals surface area contributed by atoms with E-state index in [0.29, 0.717) is 31.9 Å². The Morgan fingerprint density at radius 2 is 1.81 bits per heavy atom. The number of unbranched alkanes of at least 4 members (excludes halogenated alkanes) is 1. The second-order valence-electron chi connectivity index (χ2n) is 11.7. The molecule has 1 heterocycles. The number of hydrogen-bond donors (Lipinski definition) is 1. The zero-order chi connectivity index (χ0) is 27.4. The number of rotatable bonds is 17. The first-order chi connectivity index (χ1) is 17.6. The highest BCUT2D eigenvalue weighted by molar-refractivity contribution is 6.71. The molecule has 1 saturated heterocycles. The zero-order valence-electron chi connectivity index (χ0n) is 24.3. The maximum Gasteiger partial charge on any atom is 0.325 e. The quantitative estimate of drug-likeness (QED) is 0.171. The molecule has 0 aromatic heterocycles. The van der Waals surface area contributed by atoms with Crippen LogP contribution in [0.25, 0.3) is 0 Å². The molecule has 5 nitrogen and oxygen atoms in total. The molecule has 0 radical (unpaired) electrons. The molecule has 2 rings (SSSR count). The lowest BCUT2D eigenvalue weighted by Crippen LogP contribution is -2.45. The molecule has 1 aromatic carbocycles. The summed E-state index contributed by atoms with van der Waals surface area (Å²) in [5.41, 5.74) is 7.59. The third kappa shape index (κ3) is 10.4.